The summed E-state index contributed by atoms with van der Waals surface area (Å²) in [7, 11) is 0. The lowest BCUT2D eigenvalue weighted by atomic mass is 10.0. The summed E-state index contributed by atoms with van der Waals surface area (Å²) in [4.78, 5) is 15.7. The molecule has 0 unspecified atom stereocenters. The van der Waals surface area contributed by atoms with Crippen LogP contribution in [0.5, 0.6) is 5.75 Å². The number of benzene rings is 2. The van der Waals surface area contributed by atoms with Crippen LogP contribution in [-0.2, 0) is 0 Å². The maximum absolute atomic E-state index is 13.3. The van der Waals surface area contributed by atoms with Gasteiger partial charge in [-0.25, -0.2) is 14.2 Å². The van der Waals surface area contributed by atoms with Crippen molar-refractivity contribution in [3.8, 4) is 17.0 Å². The molecule has 0 spiro atoms. The first-order chi connectivity index (χ1) is 10.0. The third kappa shape index (κ3) is 2.41. The molecule has 2 N–H and O–H groups in total. The van der Waals surface area contributed by atoms with Crippen molar-refractivity contribution in [1.82, 2.24) is 4.98 Å². The Balaban J connectivity index is 2.31. The zero-order valence-electron chi connectivity index (χ0n) is 10.7. The van der Waals surface area contributed by atoms with Crippen LogP contribution in [0.2, 0.25) is 0 Å². The Kier molecular flexibility index (Phi) is 3.02. The molecule has 0 saturated heterocycles. The number of nitrogens with zero attached hydrogens (tertiary/aromatic N) is 1. The fourth-order valence-corrected chi connectivity index (χ4v) is 2.19. The van der Waals surface area contributed by atoms with Crippen LogP contribution >= 0.6 is 0 Å². The largest absolute Gasteiger partial charge is 0.508 e. The number of aromatic hydroxyl groups is 1. The van der Waals surface area contributed by atoms with Crippen molar-refractivity contribution in [3.05, 3.63) is 59.9 Å². The number of carboxylic acids is 1. The summed E-state index contributed by atoms with van der Waals surface area (Å²) in [6.45, 7) is 0. The van der Waals surface area contributed by atoms with E-state index >= 15 is 0 Å². The highest BCUT2D eigenvalue weighted by Crippen LogP contribution is 2.27. The van der Waals surface area contributed by atoms with Gasteiger partial charge in [0.25, 0.3) is 0 Å². The molecule has 21 heavy (non-hydrogen) atoms. The van der Waals surface area contributed by atoms with E-state index in [1.165, 1.54) is 30.3 Å². The predicted octanol–water partition coefficient (Wildman–Crippen LogP) is 3.44. The second kappa shape index (κ2) is 4.86. The van der Waals surface area contributed by atoms with Gasteiger partial charge < -0.3 is 10.2 Å². The monoisotopic (exact) mass is 283 g/mol. The standard InChI is InChI=1S/C16H10FNO3/c17-10-4-5-14-12(7-10)13(16(20)21)8-15(18-14)9-2-1-3-11(19)6-9/h1-8,19H,(H,20,21). The number of aromatic carboxylic acids is 1. The molecule has 0 radical (unpaired) electrons. The van der Waals surface area contributed by atoms with Gasteiger partial charge in [0.2, 0.25) is 0 Å². The van der Waals surface area contributed by atoms with Crippen molar-refractivity contribution < 1.29 is 19.4 Å². The van der Waals surface area contributed by atoms with Gasteiger partial charge in [-0.2, -0.15) is 0 Å². The topological polar surface area (TPSA) is 70.4 Å². The van der Waals surface area contributed by atoms with Gasteiger partial charge in [0.15, 0.2) is 0 Å². The van der Waals surface area contributed by atoms with E-state index in [2.05, 4.69) is 4.98 Å². The lowest BCUT2D eigenvalue weighted by Crippen LogP contribution is -2.00. The highest BCUT2D eigenvalue weighted by Gasteiger charge is 2.13. The molecule has 0 amide bonds. The zero-order valence-corrected chi connectivity index (χ0v) is 10.7. The van der Waals surface area contributed by atoms with Crippen molar-refractivity contribution >= 4 is 16.9 Å². The number of aromatic nitrogens is 1. The molecule has 2 aromatic carbocycles. The Morgan fingerprint density at radius 1 is 1.10 bits per heavy atom. The fourth-order valence-electron chi connectivity index (χ4n) is 2.19. The molecular formula is C16H10FNO3. The highest BCUT2D eigenvalue weighted by molar-refractivity contribution is 6.03. The van der Waals surface area contributed by atoms with Crippen molar-refractivity contribution in [3.63, 3.8) is 0 Å². The van der Waals surface area contributed by atoms with E-state index in [0.717, 1.165) is 6.07 Å². The van der Waals surface area contributed by atoms with Gasteiger partial charge in [0.05, 0.1) is 16.8 Å². The lowest BCUT2D eigenvalue weighted by Gasteiger charge is -2.07. The molecule has 0 aliphatic carbocycles. The molecule has 0 bridgehead atoms. The number of fused-ring (bicyclic) bond motifs is 1. The third-order valence-corrected chi connectivity index (χ3v) is 3.14. The van der Waals surface area contributed by atoms with Gasteiger partial charge in [0.1, 0.15) is 11.6 Å². The summed E-state index contributed by atoms with van der Waals surface area (Å²) < 4.78 is 13.3. The quantitative estimate of drug-likeness (QED) is 0.755. The minimum atomic E-state index is -1.16. The maximum atomic E-state index is 13.3. The molecule has 0 atom stereocenters. The molecule has 0 saturated carbocycles. The van der Waals surface area contributed by atoms with Crippen molar-refractivity contribution in [1.29, 1.82) is 0 Å². The van der Waals surface area contributed by atoms with Crippen molar-refractivity contribution in [2.75, 3.05) is 0 Å². The summed E-state index contributed by atoms with van der Waals surface area (Å²) >= 11 is 0. The summed E-state index contributed by atoms with van der Waals surface area (Å²) in [5.74, 6) is -1.61. The molecule has 3 aromatic rings. The summed E-state index contributed by atoms with van der Waals surface area (Å²) in [6.07, 6.45) is 0. The number of halogens is 1. The van der Waals surface area contributed by atoms with E-state index in [1.54, 1.807) is 12.1 Å². The first-order valence-corrected chi connectivity index (χ1v) is 6.17. The molecule has 3 rings (SSSR count). The number of hydrogen-bond donors (Lipinski definition) is 2. The van der Waals surface area contributed by atoms with E-state index in [-0.39, 0.29) is 16.7 Å². The number of hydrogen-bond acceptors (Lipinski definition) is 3. The molecule has 0 aliphatic rings. The van der Waals surface area contributed by atoms with Crippen LogP contribution in [0.3, 0.4) is 0 Å². The number of carbonyl (C=O) groups is 1. The Morgan fingerprint density at radius 2 is 1.90 bits per heavy atom. The van der Waals surface area contributed by atoms with Crippen LogP contribution < -0.4 is 0 Å². The minimum absolute atomic E-state index is 0.0298. The third-order valence-electron chi connectivity index (χ3n) is 3.14. The first kappa shape index (κ1) is 13.1. The zero-order chi connectivity index (χ0) is 15.0. The summed E-state index contributed by atoms with van der Waals surface area (Å²) in [5.41, 5.74) is 1.35. The summed E-state index contributed by atoms with van der Waals surface area (Å²) in [5, 5.41) is 19.1. The molecule has 0 aliphatic heterocycles. The van der Waals surface area contributed by atoms with Crippen molar-refractivity contribution in [2.24, 2.45) is 0 Å². The van der Waals surface area contributed by atoms with Crippen LogP contribution in [0.25, 0.3) is 22.2 Å². The van der Waals surface area contributed by atoms with E-state index in [0.29, 0.717) is 16.8 Å². The Labute approximate surface area is 119 Å². The molecule has 5 heteroatoms. The van der Waals surface area contributed by atoms with Gasteiger partial charge in [-0.05, 0) is 36.4 Å². The number of phenolic OH excluding ortho intramolecular Hbond substituents is 1. The Morgan fingerprint density at radius 3 is 2.62 bits per heavy atom. The maximum Gasteiger partial charge on any atom is 0.336 e. The van der Waals surface area contributed by atoms with Gasteiger partial charge in [-0.1, -0.05) is 12.1 Å². The van der Waals surface area contributed by atoms with Crippen LogP contribution in [0.1, 0.15) is 10.4 Å². The normalized spacial score (nSPS) is 10.7. The minimum Gasteiger partial charge on any atom is -0.508 e. The first-order valence-electron chi connectivity index (χ1n) is 6.17. The van der Waals surface area contributed by atoms with Gasteiger partial charge in [-0.3, -0.25) is 0 Å². The van der Waals surface area contributed by atoms with Gasteiger partial charge >= 0.3 is 5.97 Å². The number of rotatable bonds is 2. The second-order valence-electron chi connectivity index (χ2n) is 4.57. The fraction of sp³-hybridized carbons (Fsp3) is 0. The lowest BCUT2D eigenvalue weighted by molar-refractivity contribution is 0.0699. The average molecular weight is 283 g/mol. The Bertz CT molecular complexity index is 861. The van der Waals surface area contributed by atoms with Gasteiger partial charge in [0, 0.05) is 10.9 Å². The summed E-state index contributed by atoms with van der Waals surface area (Å²) in [6, 6.07) is 11.5. The van der Waals surface area contributed by atoms with E-state index in [9.17, 15) is 19.4 Å². The highest BCUT2D eigenvalue weighted by atomic mass is 19.1. The molecule has 0 fully saturated rings. The van der Waals surface area contributed by atoms with Crippen molar-refractivity contribution in [2.45, 2.75) is 0 Å². The molecule has 1 heterocycles. The smallest absolute Gasteiger partial charge is 0.336 e. The van der Waals surface area contributed by atoms with Crippen LogP contribution in [-0.4, -0.2) is 21.2 Å². The molecule has 104 valence electrons. The van der Waals surface area contributed by atoms with E-state index in [1.807, 2.05) is 0 Å². The molecule has 1 aromatic heterocycles. The van der Waals surface area contributed by atoms with E-state index < -0.39 is 11.8 Å². The molecular weight excluding hydrogens is 273 g/mol. The van der Waals surface area contributed by atoms with E-state index in [4.69, 9.17) is 0 Å². The SMILES string of the molecule is O=C(O)c1cc(-c2cccc(O)c2)nc2ccc(F)cc12. The number of phenols is 1. The average Bonchev–Trinajstić information content (AvgIpc) is 2.46. The number of pyridine rings is 1. The number of carboxylic acid groups (broad SMARTS) is 1. The Hall–Kier alpha value is -2.95. The van der Waals surface area contributed by atoms with Crippen LogP contribution in [0.15, 0.2) is 48.5 Å². The molecule has 4 nitrogen and oxygen atoms in total. The second-order valence-corrected chi connectivity index (χ2v) is 4.57. The van der Waals surface area contributed by atoms with Crippen LogP contribution in [0, 0.1) is 5.82 Å². The van der Waals surface area contributed by atoms with Gasteiger partial charge in [-0.15, -0.1) is 0 Å². The van der Waals surface area contributed by atoms with Crippen LogP contribution in [0.4, 0.5) is 4.39 Å². The predicted molar refractivity (Wildman–Crippen MR) is 75.8 cm³/mol.